The molecule has 0 fully saturated rings. The number of hydrogen-bond acceptors (Lipinski definition) is 5. The SMILES string of the molecule is CN(C)C=Nc1c(C#N)cnn1-c1ccc([N+](=O)[O-])cc1. The lowest BCUT2D eigenvalue weighted by atomic mass is 10.3. The Morgan fingerprint density at radius 3 is 2.62 bits per heavy atom. The lowest BCUT2D eigenvalue weighted by molar-refractivity contribution is -0.384. The average molecular weight is 284 g/mol. The normalized spacial score (nSPS) is 10.5. The molecule has 1 heterocycles. The van der Waals surface area contributed by atoms with Crippen LogP contribution in [0.15, 0.2) is 35.5 Å². The molecule has 1 aromatic heterocycles. The van der Waals surface area contributed by atoms with Gasteiger partial charge < -0.3 is 4.90 Å². The van der Waals surface area contributed by atoms with E-state index in [1.165, 1.54) is 23.0 Å². The fourth-order valence-electron chi connectivity index (χ4n) is 1.62. The Kier molecular flexibility index (Phi) is 3.95. The summed E-state index contributed by atoms with van der Waals surface area (Å²) in [5.41, 5.74) is 0.907. The quantitative estimate of drug-likeness (QED) is 0.369. The number of benzene rings is 1. The lowest BCUT2D eigenvalue weighted by Gasteiger charge is -2.06. The molecule has 2 rings (SSSR count). The summed E-state index contributed by atoms with van der Waals surface area (Å²) in [4.78, 5) is 16.1. The number of nitrogens with zero attached hydrogens (tertiary/aromatic N) is 6. The van der Waals surface area contributed by atoms with Crippen molar-refractivity contribution in [2.45, 2.75) is 0 Å². The molecule has 8 heteroatoms. The van der Waals surface area contributed by atoms with Crippen LogP contribution in [0.1, 0.15) is 5.56 Å². The van der Waals surface area contributed by atoms with Crippen molar-refractivity contribution in [1.82, 2.24) is 14.7 Å². The second-order valence-corrected chi connectivity index (χ2v) is 4.39. The van der Waals surface area contributed by atoms with Crippen molar-refractivity contribution >= 4 is 17.8 Å². The Hall–Kier alpha value is -3.21. The Labute approximate surface area is 120 Å². The molecule has 0 atom stereocenters. The van der Waals surface area contributed by atoms with Crippen LogP contribution >= 0.6 is 0 Å². The molecule has 106 valence electrons. The van der Waals surface area contributed by atoms with E-state index < -0.39 is 4.92 Å². The highest BCUT2D eigenvalue weighted by Gasteiger charge is 2.12. The second-order valence-electron chi connectivity index (χ2n) is 4.39. The van der Waals surface area contributed by atoms with Gasteiger partial charge in [-0.25, -0.2) is 9.67 Å². The van der Waals surface area contributed by atoms with Crippen molar-refractivity contribution in [2.75, 3.05) is 14.1 Å². The maximum atomic E-state index is 10.7. The second kappa shape index (κ2) is 5.83. The van der Waals surface area contributed by atoms with Gasteiger partial charge in [0.15, 0.2) is 5.82 Å². The molecule has 0 spiro atoms. The number of nitro benzene ring substituents is 1. The number of rotatable bonds is 4. The van der Waals surface area contributed by atoms with Crippen LogP contribution in [-0.2, 0) is 0 Å². The summed E-state index contributed by atoms with van der Waals surface area (Å²) in [6.07, 6.45) is 2.96. The molecule has 0 amide bonds. The van der Waals surface area contributed by atoms with Crippen LogP contribution in [0.3, 0.4) is 0 Å². The predicted octanol–water partition coefficient (Wildman–Crippen LogP) is 1.87. The lowest BCUT2D eigenvalue weighted by Crippen LogP contribution is -2.07. The van der Waals surface area contributed by atoms with Gasteiger partial charge in [0, 0.05) is 26.2 Å². The number of nitro groups is 1. The summed E-state index contributed by atoms with van der Waals surface area (Å²) in [5.74, 6) is 0.375. The highest BCUT2D eigenvalue weighted by atomic mass is 16.6. The number of aromatic nitrogens is 2. The van der Waals surface area contributed by atoms with Gasteiger partial charge in [-0.05, 0) is 12.1 Å². The Balaban J connectivity index is 2.46. The summed E-state index contributed by atoms with van der Waals surface area (Å²) in [7, 11) is 3.62. The van der Waals surface area contributed by atoms with E-state index in [0.717, 1.165) is 0 Å². The van der Waals surface area contributed by atoms with Crippen LogP contribution < -0.4 is 0 Å². The Morgan fingerprint density at radius 1 is 1.43 bits per heavy atom. The zero-order valence-corrected chi connectivity index (χ0v) is 11.5. The Morgan fingerprint density at radius 2 is 2.10 bits per heavy atom. The predicted molar refractivity (Wildman–Crippen MR) is 76.8 cm³/mol. The first-order chi connectivity index (χ1) is 10.0. The third-order valence-electron chi connectivity index (χ3n) is 2.58. The van der Waals surface area contributed by atoms with Gasteiger partial charge >= 0.3 is 0 Å². The summed E-state index contributed by atoms with van der Waals surface area (Å²) >= 11 is 0. The fourth-order valence-corrected chi connectivity index (χ4v) is 1.62. The standard InChI is InChI=1S/C13H12N6O2/c1-17(2)9-15-13-10(7-14)8-16-18(13)11-3-5-12(6-4-11)19(20)21/h3-6,8-9H,1-2H3. The number of non-ortho nitro benzene ring substituents is 1. The van der Waals surface area contributed by atoms with Crippen molar-refractivity contribution in [3.8, 4) is 11.8 Å². The highest BCUT2D eigenvalue weighted by molar-refractivity contribution is 5.64. The molecule has 1 aromatic carbocycles. The van der Waals surface area contributed by atoms with Gasteiger partial charge in [0.25, 0.3) is 5.69 Å². The van der Waals surface area contributed by atoms with E-state index in [1.807, 2.05) is 20.2 Å². The third kappa shape index (κ3) is 3.03. The van der Waals surface area contributed by atoms with Gasteiger partial charge in [-0.2, -0.15) is 10.4 Å². The molecule has 2 aromatic rings. The topological polar surface area (TPSA) is 100 Å². The van der Waals surface area contributed by atoms with Crippen molar-refractivity contribution in [3.05, 3.63) is 46.1 Å². The summed E-state index contributed by atoms with van der Waals surface area (Å²) in [6.45, 7) is 0. The van der Waals surface area contributed by atoms with E-state index in [0.29, 0.717) is 17.1 Å². The first-order valence-electron chi connectivity index (χ1n) is 5.96. The van der Waals surface area contributed by atoms with Gasteiger partial charge in [0.1, 0.15) is 11.6 Å². The summed E-state index contributed by atoms with van der Waals surface area (Å²) < 4.78 is 1.46. The molecule has 0 unspecified atom stereocenters. The van der Waals surface area contributed by atoms with Gasteiger partial charge in [0.05, 0.1) is 23.1 Å². The third-order valence-corrected chi connectivity index (χ3v) is 2.58. The molecule has 0 aliphatic carbocycles. The van der Waals surface area contributed by atoms with Gasteiger partial charge in [0.2, 0.25) is 0 Å². The number of hydrogen-bond donors (Lipinski definition) is 0. The molecule has 21 heavy (non-hydrogen) atoms. The van der Waals surface area contributed by atoms with E-state index in [-0.39, 0.29) is 5.69 Å². The zero-order chi connectivity index (χ0) is 15.4. The molecule has 0 saturated carbocycles. The maximum absolute atomic E-state index is 10.7. The largest absolute Gasteiger partial charge is 0.369 e. The van der Waals surface area contributed by atoms with E-state index in [1.54, 1.807) is 23.4 Å². The highest BCUT2D eigenvalue weighted by Crippen LogP contribution is 2.23. The number of aliphatic imine (C=N–C) groups is 1. The molecule has 0 radical (unpaired) electrons. The van der Waals surface area contributed by atoms with Crippen LogP contribution in [0.4, 0.5) is 11.5 Å². The van der Waals surface area contributed by atoms with Crippen LogP contribution in [-0.4, -0.2) is 40.0 Å². The summed E-state index contributed by atoms with van der Waals surface area (Å²) in [5, 5.41) is 23.8. The van der Waals surface area contributed by atoms with Crippen molar-refractivity contribution < 1.29 is 4.92 Å². The van der Waals surface area contributed by atoms with E-state index in [2.05, 4.69) is 10.1 Å². The van der Waals surface area contributed by atoms with E-state index >= 15 is 0 Å². The molecular weight excluding hydrogens is 272 g/mol. The van der Waals surface area contributed by atoms with Gasteiger partial charge in [-0.1, -0.05) is 0 Å². The molecular formula is C13H12N6O2. The zero-order valence-electron chi connectivity index (χ0n) is 11.5. The molecule has 0 N–H and O–H groups in total. The summed E-state index contributed by atoms with van der Waals surface area (Å²) in [6, 6.07) is 7.88. The van der Waals surface area contributed by atoms with Gasteiger partial charge in [-0.3, -0.25) is 10.1 Å². The van der Waals surface area contributed by atoms with E-state index in [9.17, 15) is 10.1 Å². The molecule has 0 aliphatic heterocycles. The number of nitriles is 1. The minimum atomic E-state index is -0.474. The minimum absolute atomic E-state index is 0.00949. The molecule has 0 aliphatic rings. The minimum Gasteiger partial charge on any atom is -0.369 e. The van der Waals surface area contributed by atoms with Crippen molar-refractivity contribution in [3.63, 3.8) is 0 Å². The van der Waals surface area contributed by atoms with Crippen molar-refractivity contribution in [1.29, 1.82) is 5.26 Å². The smallest absolute Gasteiger partial charge is 0.269 e. The first-order valence-corrected chi connectivity index (χ1v) is 5.96. The first kappa shape index (κ1) is 14.2. The monoisotopic (exact) mass is 284 g/mol. The van der Waals surface area contributed by atoms with Crippen LogP contribution in [0.25, 0.3) is 5.69 Å². The van der Waals surface area contributed by atoms with Crippen LogP contribution in [0.5, 0.6) is 0 Å². The fraction of sp³-hybridized carbons (Fsp3) is 0.154. The average Bonchev–Trinajstić information content (AvgIpc) is 2.88. The molecule has 0 bridgehead atoms. The van der Waals surface area contributed by atoms with Gasteiger partial charge in [-0.15, -0.1) is 0 Å². The molecule has 8 nitrogen and oxygen atoms in total. The van der Waals surface area contributed by atoms with Crippen LogP contribution in [0, 0.1) is 21.4 Å². The van der Waals surface area contributed by atoms with Crippen LogP contribution in [0.2, 0.25) is 0 Å². The van der Waals surface area contributed by atoms with Crippen molar-refractivity contribution in [2.24, 2.45) is 4.99 Å². The maximum Gasteiger partial charge on any atom is 0.269 e. The molecule has 0 saturated heterocycles. The Bertz CT molecular complexity index is 724. The van der Waals surface area contributed by atoms with E-state index in [4.69, 9.17) is 5.26 Å².